The summed E-state index contributed by atoms with van der Waals surface area (Å²) in [7, 11) is 0. The Balaban J connectivity index is 1.40. The third-order valence-electron chi connectivity index (χ3n) is 9.93. The molecule has 0 aliphatic carbocycles. The highest BCUT2D eigenvalue weighted by molar-refractivity contribution is 7.80. The molecule has 25 nitrogen and oxygen atoms in total. The smallest absolute Gasteiger partial charge is 0.218 e. The van der Waals surface area contributed by atoms with E-state index >= 15 is 0 Å². The molecule has 4 aliphatic rings. The standard InChI is InChI=1S/C29H54N10O15S3/c1-6(42)33-24-20(48)13(17(45)9(4-40)53-24)35-29(57)38-25-21(49)12(16(44)8(3-31)52-25)34-28(56)39-26-22(50)14(18(46)10(5-41)54-26)36-27(55)37-23-19(47)11(32)15(43)7(2-30)51-23/h7-26,40-41,43-50H,2-5,30-32H2,1H3,(H,33,42)(H2,34,39,56)(H2,35,38,57)(H2,36,37,55)/t7?,8?,9?,10?,11?,12?,13?,14?,15-,16-,17-,18-,19?,20?,21?,22?,23-,24-,25-,26-/m1/s1. The third kappa shape index (κ3) is 11.2. The van der Waals surface area contributed by atoms with Crippen LogP contribution in [0.1, 0.15) is 6.92 Å². The molecule has 0 radical (unpaired) electrons. The van der Waals surface area contributed by atoms with Crippen LogP contribution in [0.5, 0.6) is 0 Å². The Hall–Kier alpha value is -2.14. The Kier molecular flexibility index (Phi) is 17.4. The predicted molar refractivity (Wildman–Crippen MR) is 205 cm³/mol. The van der Waals surface area contributed by atoms with Crippen LogP contribution in [0, 0.1) is 0 Å². The summed E-state index contributed by atoms with van der Waals surface area (Å²) in [5, 5.41) is 124. The summed E-state index contributed by atoms with van der Waals surface area (Å²) < 4.78 is 22.3. The molecule has 12 unspecified atom stereocenters. The van der Waals surface area contributed by atoms with Crippen LogP contribution in [0.15, 0.2) is 0 Å². The second kappa shape index (κ2) is 20.9. The van der Waals surface area contributed by atoms with Crippen molar-refractivity contribution in [2.45, 2.75) is 129 Å². The van der Waals surface area contributed by atoms with Gasteiger partial charge in [0.1, 0.15) is 61.0 Å². The summed E-state index contributed by atoms with van der Waals surface area (Å²) in [6.45, 7) is -0.617. The molecule has 0 spiro atoms. The second-order valence-corrected chi connectivity index (χ2v) is 15.1. The predicted octanol–water partition coefficient (Wildman–Crippen LogP) is -11.4. The number of ether oxygens (including phenoxy) is 4. The van der Waals surface area contributed by atoms with Gasteiger partial charge in [0.05, 0.1) is 49.6 Å². The van der Waals surface area contributed by atoms with E-state index in [1.807, 2.05) is 0 Å². The lowest BCUT2D eigenvalue weighted by atomic mass is 9.94. The van der Waals surface area contributed by atoms with Gasteiger partial charge in [-0.25, -0.2) is 0 Å². The van der Waals surface area contributed by atoms with Gasteiger partial charge >= 0.3 is 0 Å². The molecule has 20 atom stereocenters. The van der Waals surface area contributed by atoms with E-state index in [1.54, 1.807) is 0 Å². The van der Waals surface area contributed by atoms with Crippen LogP contribution in [0.2, 0.25) is 0 Å². The first-order chi connectivity index (χ1) is 26.9. The zero-order valence-electron chi connectivity index (χ0n) is 30.3. The van der Waals surface area contributed by atoms with Crippen molar-refractivity contribution in [3.8, 4) is 0 Å². The quantitative estimate of drug-likeness (QED) is 0.0857. The average molecular weight is 879 g/mol. The van der Waals surface area contributed by atoms with E-state index in [0.29, 0.717) is 0 Å². The van der Waals surface area contributed by atoms with E-state index < -0.39 is 141 Å². The number of hydrogen-bond acceptors (Lipinski definition) is 21. The van der Waals surface area contributed by atoms with Crippen LogP contribution in [0.4, 0.5) is 0 Å². The molecule has 4 aliphatic heterocycles. The first-order valence-electron chi connectivity index (χ1n) is 17.8. The molecule has 0 saturated carbocycles. The second-order valence-electron chi connectivity index (χ2n) is 13.9. The number of aliphatic hydroxyl groups is 10. The van der Waals surface area contributed by atoms with Gasteiger partial charge in [-0.3, -0.25) is 4.79 Å². The number of nitrogens with two attached hydrogens (primary N) is 3. The number of amides is 1. The van der Waals surface area contributed by atoms with Crippen LogP contribution in [-0.4, -0.2) is 221 Å². The van der Waals surface area contributed by atoms with E-state index in [9.17, 15) is 55.9 Å². The molecule has 23 N–H and O–H groups in total. The fraction of sp³-hybridized carbons (Fsp3) is 0.862. The molecule has 28 heteroatoms. The molecule has 4 fully saturated rings. The van der Waals surface area contributed by atoms with Crippen LogP contribution >= 0.6 is 36.7 Å². The summed E-state index contributed by atoms with van der Waals surface area (Å²) in [5.74, 6) is -0.562. The fourth-order valence-corrected chi connectivity index (χ4v) is 7.52. The Morgan fingerprint density at radius 1 is 0.491 bits per heavy atom. The Bertz CT molecular complexity index is 1390. The van der Waals surface area contributed by atoms with Gasteiger partial charge in [-0.2, -0.15) is 0 Å². The van der Waals surface area contributed by atoms with Crippen molar-refractivity contribution in [2.24, 2.45) is 17.2 Å². The highest BCUT2D eigenvalue weighted by Crippen LogP contribution is 2.24. The topological polar surface area (TPSA) is 419 Å². The molecule has 57 heavy (non-hydrogen) atoms. The highest BCUT2D eigenvalue weighted by Gasteiger charge is 2.49. The molecular weight excluding hydrogens is 825 g/mol. The number of rotatable bonds is 11. The highest BCUT2D eigenvalue weighted by atomic mass is 32.1. The number of thiocarbonyl (C=S) groups is 3. The molecular formula is C29H54N10O15S3. The lowest BCUT2D eigenvalue weighted by Crippen LogP contribution is -2.72. The molecule has 4 heterocycles. The Morgan fingerprint density at radius 2 is 0.789 bits per heavy atom. The SMILES string of the molecule is CC(=O)N[C@@H]1OC(CO)[C@@H](O)C(NC(=S)N[C@@H]2OC(CN)[C@@H](O)C(NC(=S)N[C@@H]3OC(CO)[C@@H](O)C(NC(=S)N[C@@H]4OC(CN)[C@@H](O)C(N)C4O)C3O)C2O)C1O. The molecule has 1 amide bonds. The lowest BCUT2D eigenvalue weighted by molar-refractivity contribution is -0.202. The summed E-state index contributed by atoms with van der Waals surface area (Å²) in [4.78, 5) is 11.6. The van der Waals surface area contributed by atoms with Crippen LogP contribution in [0.3, 0.4) is 0 Å². The van der Waals surface area contributed by atoms with Crippen molar-refractivity contribution in [1.82, 2.24) is 37.2 Å². The van der Waals surface area contributed by atoms with Crippen LogP contribution < -0.4 is 54.4 Å². The zero-order chi connectivity index (χ0) is 42.5. The maximum Gasteiger partial charge on any atom is 0.218 e. The molecule has 0 aromatic rings. The van der Waals surface area contributed by atoms with Crippen molar-refractivity contribution in [3.63, 3.8) is 0 Å². The fourth-order valence-electron chi connectivity index (χ4n) is 6.76. The maximum absolute atomic E-state index is 11.6. The third-order valence-corrected chi connectivity index (χ3v) is 10.6. The summed E-state index contributed by atoms with van der Waals surface area (Å²) in [5.41, 5.74) is 17.4. The summed E-state index contributed by atoms with van der Waals surface area (Å²) in [6, 6.07) is -5.14. The van der Waals surface area contributed by atoms with Gasteiger partial charge in [0.25, 0.3) is 0 Å². The molecule has 0 aromatic heterocycles. The zero-order valence-corrected chi connectivity index (χ0v) is 32.8. The van der Waals surface area contributed by atoms with E-state index in [0.717, 1.165) is 0 Å². The Morgan fingerprint density at radius 3 is 1.12 bits per heavy atom. The van der Waals surface area contributed by atoms with Crippen LogP contribution in [-0.2, 0) is 23.7 Å². The maximum atomic E-state index is 11.6. The molecule has 4 rings (SSSR count). The van der Waals surface area contributed by atoms with Crippen LogP contribution in [0.25, 0.3) is 0 Å². The van der Waals surface area contributed by atoms with Gasteiger partial charge in [0.2, 0.25) is 5.91 Å². The first kappa shape index (κ1) is 47.5. The van der Waals surface area contributed by atoms with Crippen molar-refractivity contribution in [2.75, 3.05) is 26.3 Å². The van der Waals surface area contributed by atoms with E-state index in [-0.39, 0.29) is 28.4 Å². The molecule has 328 valence electrons. The molecule has 0 bridgehead atoms. The molecule has 4 saturated heterocycles. The molecule has 0 aromatic carbocycles. The minimum absolute atomic E-state index is 0.130. The van der Waals surface area contributed by atoms with Gasteiger partial charge in [-0.1, -0.05) is 0 Å². The van der Waals surface area contributed by atoms with Crippen molar-refractivity contribution in [3.05, 3.63) is 0 Å². The van der Waals surface area contributed by atoms with Gasteiger partial charge < -0.3 is 124 Å². The van der Waals surface area contributed by atoms with Crippen molar-refractivity contribution in [1.29, 1.82) is 0 Å². The lowest BCUT2D eigenvalue weighted by Gasteiger charge is -2.46. The minimum atomic E-state index is -1.66. The van der Waals surface area contributed by atoms with E-state index in [1.165, 1.54) is 6.92 Å². The average Bonchev–Trinajstić information content (AvgIpc) is 3.16. The number of carbonyl (C=O) groups excluding carboxylic acids is 1. The van der Waals surface area contributed by atoms with E-state index in [2.05, 4.69) is 37.2 Å². The van der Waals surface area contributed by atoms with Crippen molar-refractivity contribution >= 4 is 57.9 Å². The number of nitrogens with one attached hydrogen (secondary N) is 7. The summed E-state index contributed by atoms with van der Waals surface area (Å²) in [6.07, 6.45) is -22.2. The van der Waals surface area contributed by atoms with Gasteiger partial charge in [-0.15, -0.1) is 0 Å². The number of hydrogen-bond donors (Lipinski definition) is 20. The normalized spacial score (nSPS) is 43.5. The van der Waals surface area contributed by atoms with Gasteiger partial charge in [0, 0.05) is 20.0 Å². The Labute approximate surface area is 341 Å². The largest absolute Gasteiger partial charge is 0.394 e. The monoisotopic (exact) mass is 878 g/mol. The van der Waals surface area contributed by atoms with E-state index in [4.69, 9.17) is 72.8 Å². The summed E-state index contributed by atoms with van der Waals surface area (Å²) >= 11 is 16.1. The minimum Gasteiger partial charge on any atom is -0.394 e. The number of carbonyl (C=O) groups is 1. The van der Waals surface area contributed by atoms with Gasteiger partial charge in [-0.05, 0) is 36.7 Å². The van der Waals surface area contributed by atoms with Gasteiger partial charge in [0.15, 0.2) is 40.2 Å². The first-order valence-corrected chi connectivity index (χ1v) is 19.0. The van der Waals surface area contributed by atoms with Crippen molar-refractivity contribution < 1.29 is 74.8 Å². The number of aliphatic hydroxyl groups excluding tert-OH is 10.